The lowest BCUT2D eigenvalue weighted by molar-refractivity contribution is -0.117. The van der Waals surface area contributed by atoms with Gasteiger partial charge in [0.25, 0.3) is 0 Å². The predicted molar refractivity (Wildman–Crippen MR) is 102 cm³/mol. The van der Waals surface area contributed by atoms with E-state index in [2.05, 4.69) is 10.0 Å². The Morgan fingerprint density at radius 2 is 1.74 bits per heavy atom. The number of carbonyl (C=O) groups excluding carboxylic acids is 1. The quantitative estimate of drug-likeness (QED) is 0.790. The molecule has 0 aromatic heterocycles. The molecule has 0 fully saturated rings. The average Bonchev–Trinajstić information content (AvgIpc) is 2.86. The molecule has 2 N–H and O–H groups in total. The average molecular weight is 411 g/mol. The molecule has 7 nitrogen and oxygen atoms in total. The summed E-state index contributed by atoms with van der Waals surface area (Å²) in [5, 5.41) is 3.10. The molecular weight excluding hydrogens is 392 g/mol. The predicted octanol–water partition coefficient (Wildman–Crippen LogP) is 2.81. The van der Waals surface area contributed by atoms with Crippen LogP contribution in [0, 0.1) is 0 Å². The number of halogens is 1. The summed E-state index contributed by atoms with van der Waals surface area (Å²) in [7, 11) is -3.85. The SMILES string of the molecule is C[C@H](NS(=O)(=O)c1ccc(Cl)cc1)C(=O)Nc1ccc2c(c1)OCCCO2. The second-order valence-corrected chi connectivity index (χ2v) is 8.15. The van der Waals surface area contributed by atoms with Crippen molar-refractivity contribution in [2.45, 2.75) is 24.3 Å². The molecule has 1 amide bonds. The van der Waals surface area contributed by atoms with Crippen molar-refractivity contribution in [1.82, 2.24) is 4.72 Å². The van der Waals surface area contributed by atoms with Crippen LogP contribution in [0.25, 0.3) is 0 Å². The fraction of sp³-hybridized carbons (Fsp3) is 0.278. The Labute approximate surface area is 162 Å². The lowest BCUT2D eigenvalue weighted by Gasteiger charge is -2.15. The number of fused-ring (bicyclic) bond motifs is 1. The maximum Gasteiger partial charge on any atom is 0.242 e. The van der Waals surface area contributed by atoms with Crippen molar-refractivity contribution in [2.24, 2.45) is 0 Å². The van der Waals surface area contributed by atoms with Gasteiger partial charge in [0.15, 0.2) is 11.5 Å². The zero-order chi connectivity index (χ0) is 19.4. The van der Waals surface area contributed by atoms with Crippen LogP contribution >= 0.6 is 11.6 Å². The first-order valence-corrected chi connectivity index (χ1v) is 10.2. The lowest BCUT2D eigenvalue weighted by Crippen LogP contribution is -2.41. The van der Waals surface area contributed by atoms with Gasteiger partial charge < -0.3 is 14.8 Å². The summed E-state index contributed by atoms with van der Waals surface area (Å²) in [5.74, 6) is 0.656. The molecule has 0 spiro atoms. The zero-order valence-corrected chi connectivity index (χ0v) is 16.1. The van der Waals surface area contributed by atoms with Crippen LogP contribution in [0.1, 0.15) is 13.3 Å². The van der Waals surface area contributed by atoms with Crippen LogP contribution in [-0.2, 0) is 14.8 Å². The number of hydrogen-bond acceptors (Lipinski definition) is 5. The van der Waals surface area contributed by atoms with Crippen molar-refractivity contribution in [1.29, 1.82) is 0 Å². The Morgan fingerprint density at radius 1 is 1.07 bits per heavy atom. The van der Waals surface area contributed by atoms with Gasteiger partial charge in [-0.25, -0.2) is 8.42 Å². The van der Waals surface area contributed by atoms with E-state index in [1.165, 1.54) is 31.2 Å². The van der Waals surface area contributed by atoms with Crippen molar-refractivity contribution in [2.75, 3.05) is 18.5 Å². The van der Waals surface area contributed by atoms with E-state index >= 15 is 0 Å². The van der Waals surface area contributed by atoms with Crippen LogP contribution < -0.4 is 19.5 Å². The minimum Gasteiger partial charge on any atom is -0.490 e. The van der Waals surface area contributed by atoms with Gasteiger partial charge in [0, 0.05) is 23.2 Å². The molecule has 144 valence electrons. The Kier molecular flexibility index (Phi) is 5.88. The molecule has 0 bridgehead atoms. The molecule has 0 unspecified atom stereocenters. The van der Waals surface area contributed by atoms with Gasteiger partial charge in [-0.05, 0) is 43.3 Å². The van der Waals surface area contributed by atoms with Gasteiger partial charge >= 0.3 is 0 Å². The van der Waals surface area contributed by atoms with Crippen molar-refractivity contribution in [3.05, 3.63) is 47.5 Å². The van der Waals surface area contributed by atoms with Gasteiger partial charge in [-0.3, -0.25) is 4.79 Å². The first-order chi connectivity index (χ1) is 12.8. The molecule has 1 heterocycles. The van der Waals surface area contributed by atoms with Crippen LogP contribution in [0.2, 0.25) is 5.02 Å². The number of ether oxygens (including phenoxy) is 2. The summed E-state index contributed by atoms with van der Waals surface area (Å²) in [5.41, 5.74) is 0.488. The van der Waals surface area contributed by atoms with E-state index in [1.807, 2.05) is 0 Å². The van der Waals surface area contributed by atoms with E-state index in [0.29, 0.717) is 35.4 Å². The van der Waals surface area contributed by atoms with Gasteiger partial charge in [-0.2, -0.15) is 4.72 Å². The number of carbonyl (C=O) groups is 1. The van der Waals surface area contributed by atoms with Crippen molar-refractivity contribution in [3.63, 3.8) is 0 Å². The first kappa shape index (κ1) is 19.5. The Hall–Kier alpha value is -2.29. The fourth-order valence-corrected chi connectivity index (χ4v) is 3.79. The molecule has 1 aliphatic rings. The Morgan fingerprint density at radius 3 is 2.44 bits per heavy atom. The number of benzene rings is 2. The lowest BCUT2D eigenvalue weighted by atomic mass is 10.2. The number of hydrogen-bond donors (Lipinski definition) is 2. The van der Waals surface area contributed by atoms with Crippen LogP contribution in [0.3, 0.4) is 0 Å². The number of rotatable bonds is 5. The topological polar surface area (TPSA) is 93.7 Å². The van der Waals surface area contributed by atoms with E-state index in [1.54, 1.807) is 18.2 Å². The highest BCUT2D eigenvalue weighted by molar-refractivity contribution is 7.89. The van der Waals surface area contributed by atoms with Crippen LogP contribution in [-0.4, -0.2) is 33.6 Å². The van der Waals surface area contributed by atoms with Gasteiger partial charge in [0.1, 0.15) is 0 Å². The van der Waals surface area contributed by atoms with Crippen LogP contribution in [0.5, 0.6) is 11.5 Å². The van der Waals surface area contributed by atoms with Crippen molar-refractivity contribution < 1.29 is 22.7 Å². The monoisotopic (exact) mass is 410 g/mol. The first-order valence-electron chi connectivity index (χ1n) is 8.33. The maximum atomic E-state index is 12.4. The third kappa shape index (κ3) is 4.91. The highest BCUT2D eigenvalue weighted by Crippen LogP contribution is 2.32. The Bertz CT molecular complexity index is 931. The molecule has 27 heavy (non-hydrogen) atoms. The van der Waals surface area contributed by atoms with Crippen LogP contribution in [0.15, 0.2) is 47.4 Å². The zero-order valence-electron chi connectivity index (χ0n) is 14.6. The highest BCUT2D eigenvalue weighted by Gasteiger charge is 2.22. The van der Waals surface area contributed by atoms with Gasteiger partial charge in [-0.1, -0.05) is 11.6 Å². The molecule has 1 aliphatic heterocycles. The second kappa shape index (κ2) is 8.16. The van der Waals surface area contributed by atoms with E-state index in [4.69, 9.17) is 21.1 Å². The number of amides is 1. The molecule has 2 aromatic carbocycles. The molecular formula is C18H19ClN2O5S. The molecule has 3 rings (SSSR count). The largest absolute Gasteiger partial charge is 0.490 e. The summed E-state index contributed by atoms with van der Waals surface area (Å²) in [6.45, 7) is 2.57. The molecule has 0 radical (unpaired) electrons. The molecule has 0 aliphatic carbocycles. The summed E-state index contributed by atoms with van der Waals surface area (Å²) in [6.07, 6.45) is 0.778. The Balaban J connectivity index is 1.67. The minimum atomic E-state index is -3.85. The smallest absolute Gasteiger partial charge is 0.242 e. The van der Waals surface area contributed by atoms with Crippen molar-refractivity contribution >= 4 is 33.2 Å². The van der Waals surface area contributed by atoms with Gasteiger partial charge in [0.2, 0.25) is 15.9 Å². The summed E-state index contributed by atoms with van der Waals surface area (Å²) in [6, 6.07) is 9.74. The van der Waals surface area contributed by atoms with Gasteiger partial charge in [-0.15, -0.1) is 0 Å². The highest BCUT2D eigenvalue weighted by atomic mass is 35.5. The normalized spacial score (nSPS) is 14.9. The van der Waals surface area contributed by atoms with Crippen molar-refractivity contribution in [3.8, 4) is 11.5 Å². The molecule has 9 heteroatoms. The molecule has 1 atom stereocenters. The molecule has 0 saturated heterocycles. The third-order valence-corrected chi connectivity index (χ3v) is 5.67. The van der Waals surface area contributed by atoms with E-state index in [0.717, 1.165) is 6.42 Å². The molecule has 0 saturated carbocycles. The van der Waals surface area contributed by atoms with E-state index < -0.39 is 22.0 Å². The standard InChI is InChI=1S/C18H19ClN2O5S/c1-12(21-27(23,24)15-6-3-13(19)4-7-15)18(22)20-14-5-8-16-17(11-14)26-10-2-9-25-16/h3-8,11-12,21H,2,9-10H2,1H3,(H,20,22)/t12-/m0/s1. The fourth-order valence-electron chi connectivity index (χ4n) is 2.46. The summed E-state index contributed by atoms with van der Waals surface area (Å²) < 4.78 is 38.2. The number of anilines is 1. The third-order valence-electron chi connectivity index (χ3n) is 3.86. The molecule has 2 aromatic rings. The minimum absolute atomic E-state index is 0.0297. The number of nitrogens with one attached hydrogen (secondary N) is 2. The van der Waals surface area contributed by atoms with Gasteiger partial charge in [0.05, 0.1) is 24.2 Å². The maximum absolute atomic E-state index is 12.4. The summed E-state index contributed by atoms with van der Waals surface area (Å²) in [4.78, 5) is 12.4. The van der Waals surface area contributed by atoms with E-state index in [9.17, 15) is 13.2 Å². The van der Waals surface area contributed by atoms with Crippen LogP contribution in [0.4, 0.5) is 5.69 Å². The summed E-state index contributed by atoms with van der Waals surface area (Å²) >= 11 is 5.77. The second-order valence-electron chi connectivity index (χ2n) is 6.00. The number of sulfonamides is 1. The van der Waals surface area contributed by atoms with E-state index in [-0.39, 0.29) is 4.90 Å².